The highest BCUT2D eigenvalue weighted by Gasteiger charge is 2.23. The van der Waals surface area contributed by atoms with Crippen LogP contribution in [0.3, 0.4) is 0 Å². The average Bonchev–Trinajstić information content (AvgIpc) is 3.35. The molecule has 0 aromatic carbocycles. The summed E-state index contributed by atoms with van der Waals surface area (Å²) in [7, 11) is 2.56. The third-order valence-electron chi connectivity index (χ3n) is 12.6. The number of aliphatic hydroxyl groups is 1. The molecular weight excluding hydrogens is 1230 g/mol. The number of aryl methyl sites for hydroxylation is 6. The lowest BCUT2D eigenvalue weighted by Gasteiger charge is -2.03. The van der Waals surface area contributed by atoms with Gasteiger partial charge in [0.25, 0.3) is 0 Å². The van der Waals surface area contributed by atoms with Crippen molar-refractivity contribution in [3.63, 3.8) is 0 Å². The predicted octanol–water partition coefficient (Wildman–Crippen LogP) is 15.0. The number of aliphatic hydroxyl groups excluding tert-OH is 1. The summed E-state index contributed by atoms with van der Waals surface area (Å²) in [4.78, 5) is 60.0. The SMILES string of the molecule is COC(=O)/C(=C/c1ccc(C)nc1Cl)N=[N+]=[N-].COC(=O)C1=Cc2c(cc(C)nc2Cl)C1.Cc1cc2c(c(Cl)n1)C=C(CCl)C2.Cc1cc2c(c(Cl)n1)C=C(CO)C2.Cc1cc2c(c(Cl)n1)C=C(Cn1cccn1)C2.Cc1ccc(C=O)c(Cl)n1. The molecule has 0 bridgehead atoms. The standard InChI is InChI=1S/C13H12ClN3.C11H10ClNO2.C10H9Cl2N.C10H9ClN4O2.C10H10ClNO.C7H6ClNO/c1-9-5-11-6-10(7-12(11)13(14)16-9)8-17-4-2-3-15-17;1-6-3-7-4-8(11(14)15-2)5-9(7)10(12)13-6;1-6-2-8-3-7(5-11)4-9(8)10(12)13-6;1-6-3-4-7(9(11)13-6)5-8(14-15-12)10(16)17-2;1-6-2-8-3-7(5-13)4-9(8)10(11)12-6;1-5-2-3-6(4-10)7(8)9-5/h2-5,7H,6,8H2,1H3;3,5H,4H2,1-2H3;2,4H,3,5H2,1H3;3-5H,1-2H3;2,4,13H,3,5H2,1H3;2-4H,1H3/b;;;8-5-;;. The Morgan fingerprint density at radius 2 is 1.05 bits per heavy atom. The molecule has 7 heterocycles. The van der Waals surface area contributed by atoms with Crippen molar-refractivity contribution in [3.8, 4) is 0 Å². The van der Waals surface area contributed by atoms with Gasteiger partial charge in [-0.1, -0.05) is 98.5 Å². The van der Waals surface area contributed by atoms with Crippen molar-refractivity contribution < 1.29 is 29.0 Å². The molecule has 0 fully saturated rings. The molecule has 0 atom stereocenters. The highest BCUT2D eigenvalue weighted by Crippen LogP contribution is 2.34. The monoisotopic (exact) mass is 1280 g/mol. The van der Waals surface area contributed by atoms with Crippen LogP contribution < -0.4 is 0 Å². The van der Waals surface area contributed by atoms with Crippen molar-refractivity contribution in [2.24, 2.45) is 5.11 Å². The minimum absolute atomic E-state index is 0.101. The second kappa shape index (κ2) is 31.7. The zero-order valence-electron chi connectivity index (χ0n) is 47.3. The predicted molar refractivity (Wildman–Crippen MR) is 337 cm³/mol. The number of alkyl halides is 1. The Hall–Kier alpha value is -7.28. The van der Waals surface area contributed by atoms with Crippen LogP contribution in [0.25, 0.3) is 40.8 Å². The smallest absolute Gasteiger partial charge is 0.340 e. The lowest BCUT2D eigenvalue weighted by atomic mass is 10.1. The number of carbonyl (C=O) groups is 3. The van der Waals surface area contributed by atoms with Crippen LogP contribution >= 0.6 is 81.2 Å². The number of carbonyl (C=O) groups excluding carboxylic acids is 3. The van der Waals surface area contributed by atoms with E-state index < -0.39 is 5.97 Å². The second-order valence-corrected chi connectivity index (χ2v) is 21.7. The first-order valence-electron chi connectivity index (χ1n) is 25.8. The minimum atomic E-state index is -0.737. The first-order chi connectivity index (χ1) is 40.6. The topological polar surface area (TPSA) is 234 Å². The Kier molecular flexibility index (Phi) is 25.0. The van der Waals surface area contributed by atoms with Crippen LogP contribution in [0, 0.1) is 41.5 Å². The van der Waals surface area contributed by atoms with E-state index in [2.05, 4.69) is 72.7 Å². The number of esters is 2. The van der Waals surface area contributed by atoms with E-state index in [4.69, 9.17) is 91.8 Å². The van der Waals surface area contributed by atoms with Crippen LogP contribution in [0.2, 0.25) is 30.9 Å². The Labute approximate surface area is 526 Å². The fourth-order valence-electron chi connectivity index (χ4n) is 8.81. The van der Waals surface area contributed by atoms with E-state index in [1.165, 1.54) is 48.1 Å². The van der Waals surface area contributed by atoms with E-state index in [0.717, 1.165) is 93.4 Å². The highest BCUT2D eigenvalue weighted by molar-refractivity contribution is 6.33. The van der Waals surface area contributed by atoms with Crippen LogP contribution in [0.4, 0.5) is 0 Å². The van der Waals surface area contributed by atoms with Crippen molar-refractivity contribution in [3.05, 3.63) is 226 Å². The number of methoxy groups -OCH3 is 2. The van der Waals surface area contributed by atoms with Crippen molar-refractivity contribution in [1.29, 1.82) is 0 Å². The van der Waals surface area contributed by atoms with Crippen molar-refractivity contribution >= 4 is 130 Å². The third-order valence-corrected chi connectivity index (χ3v) is 14.7. The number of hydrogen-bond donors (Lipinski definition) is 1. The van der Waals surface area contributed by atoms with E-state index in [-0.39, 0.29) is 28.6 Å². The zero-order valence-corrected chi connectivity index (χ0v) is 52.6. The molecule has 440 valence electrons. The number of ether oxygens (including phenoxy) is 2. The summed E-state index contributed by atoms with van der Waals surface area (Å²) in [5.41, 5.74) is 27.2. The molecule has 0 aliphatic heterocycles. The number of halogens is 7. The number of fused-ring (bicyclic) bond motifs is 4. The number of aldehydes is 1. The highest BCUT2D eigenvalue weighted by atomic mass is 35.5. The second-order valence-electron chi connectivity index (χ2n) is 19.3. The van der Waals surface area contributed by atoms with Crippen LogP contribution in [0.5, 0.6) is 0 Å². The van der Waals surface area contributed by atoms with Crippen LogP contribution in [0.15, 0.2) is 100 Å². The summed E-state index contributed by atoms with van der Waals surface area (Å²) >= 11 is 41.3. The molecule has 17 nitrogen and oxygen atoms in total. The summed E-state index contributed by atoms with van der Waals surface area (Å²) < 4.78 is 11.1. The number of azide groups is 1. The number of rotatable bonds is 9. The minimum Gasteiger partial charge on any atom is -0.466 e. The van der Waals surface area contributed by atoms with Gasteiger partial charge in [0.1, 0.15) is 36.6 Å². The van der Waals surface area contributed by atoms with Crippen LogP contribution in [-0.2, 0) is 51.3 Å². The fourth-order valence-corrected chi connectivity index (χ4v) is 10.7. The van der Waals surface area contributed by atoms with Gasteiger partial charge >= 0.3 is 11.9 Å². The summed E-state index contributed by atoms with van der Waals surface area (Å²) in [5.74, 6) is -0.469. The lowest BCUT2D eigenvalue weighted by molar-refractivity contribution is -0.136. The van der Waals surface area contributed by atoms with Gasteiger partial charge in [0.2, 0.25) is 0 Å². The molecule has 0 saturated heterocycles. The molecule has 0 saturated carbocycles. The molecule has 4 aliphatic carbocycles. The molecule has 7 aromatic heterocycles. The van der Waals surface area contributed by atoms with Crippen LogP contribution in [0.1, 0.15) is 94.6 Å². The van der Waals surface area contributed by atoms with Gasteiger partial charge in [-0.2, -0.15) is 5.10 Å². The van der Waals surface area contributed by atoms with Gasteiger partial charge in [0, 0.05) is 97.2 Å². The van der Waals surface area contributed by atoms with Gasteiger partial charge in [-0.25, -0.2) is 39.5 Å². The van der Waals surface area contributed by atoms with Crippen LogP contribution in [-0.4, -0.2) is 89.7 Å². The maximum Gasteiger partial charge on any atom is 0.340 e. The fraction of sp³-hybridized carbons (Fsp3) is 0.246. The van der Waals surface area contributed by atoms with Gasteiger partial charge in [-0.3, -0.25) is 9.48 Å². The van der Waals surface area contributed by atoms with E-state index in [1.807, 2.05) is 75.8 Å². The lowest BCUT2D eigenvalue weighted by Crippen LogP contribution is -2.04. The molecule has 0 radical (unpaired) electrons. The van der Waals surface area contributed by atoms with Gasteiger partial charge in [0.05, 0.1) is 32.9 Å². The van der Waals surface area contributed by atoms with Gasteiger partial charge in [-0.15, -0.1) is 11.6 Å². The Morgan fingerprint density at radius 3 is 1.47 bits per heavy atom. The number of nitrogens with zero attached hydrogens (tertiary/aromatic N) is 11. The molecule has 7 aromatic rings. The van der Waals surface area contributed by atoms with Gasteiger partial charge < -0.3 is 14.6 Å². The van der Waals surface area contributed by atoms with E-state index in [0.29, 0.717) is 55.9 Å². The molecule has 0 unspecified atom stereocenters. The summed E-state index contributed by atoms with van der Waals surface area (Å²) in [6.07, 6.45) is 16.8. The van der Waals surface area contributed by atoms with E-state index >= 15 is 0 Å². The normalized spacial score (nSPS) is 12.7. The Bertz CT molecular complexity index is 3800. The molecule has 1 N–H and O–H groups in total. The summed E-state index contributed by atoms with van der Waals surface area (Å²) in [6, 6.07) is 16.8. The average molecular weight is 1290 g/mol. The van der Waals surface area contributed by atoms with Crippen molar-refractivity contribution in [2.75, 3.05) is 26.7 Å². The quantitative estimate of drug-likeness (QED) is 0.0207. The van der Waals surface area contributed by atoms with Crippen molar-refractivity contribution in [1.82, 2.24) is 39.7 Å². The van der Waals surface area contributed by atoms with E-state index in [1.54, 1.807) is 43.5 Å². The van der Waals surface area contributed by atoms with Gasteiger partial charge in [-0.05, 0) is 166 Å². The zero-order chi connectivity index (χ0) is 62.1. The van der Waals surface area contributed by atoms with Crippen molar-refractivity contribution in [2.45, 2.75) is 73.8 Å². The third kappa shape index (κ3) is 18.9. The van der Waals surface area contributed by atoms with E-state index in [9.17, 15) is 14.4 Å². The number of aromatic nitrogens is 8. The molecule has 4 aliphatic rings. The first-order valence-corrected chi connectivity index (χ1v) is 28.6. The number of pyridine rings is 6. The Balaban J connectivity index is 0.000000165. The molecule has 0 spiro atoms. The largest absolute Gasteiger partial charge is 0.466 e. The molecule has 24 heteroatoms. The maximum atomic E-state index is 11.3. The number of hydrogen-bond acceptors (Lipinski definition) is 14. The number of allylic oxidation sites excluding steroid dienone is 2. The van der Waals surface area contributed by atoms with Gasteiger partial charge in [0.15, 0.2) is 6.29 Å². The summed E-state index contributed by atoms with van der Waals surface area (Å²) in [5, 5.41) is 19.1. The Morgan fingerprint density at radius 1 is 0.612 bits per heavy atom. The maximum absolute atomic E-state index is 11.3. The molecular formula is C61H56Cl7N11O6. The molecule has 11 rings (SSSR count). The first kappa shape index (κ1) is 66.9. The molecule has 85 heavy (non-hydrogen) atoms. The summed E-state index contributed by atoms with van der Waals surface area (Å²) in [6.45, 7) is 12.2. The molecule has 0 amide bonds.